The normalized spacial score (nSPS) is 12.4. The maximum atomic E-state index is 13.0. The van der Waals surface area contributed by atoms with Gasteiger partial charge in [0.05, 0.1) is 7.11 Å². The monoisotopic (exact) mass is 418 g/mol. The fourth-order valence-electron chi connectivity index (χ4n) is 2.61. The highest BCUT2D eigenvalue weighted by molar-refractivity contribution is 5.98. The third-order valence-corrected chi connectivity index (χ3v) is 4.00. The first-order valence-corrected chi connectivity index (χ1v) is 9.18. The number of esters is 2. The number of nitrogens with zero attached hydrogens (tertiary/aromatic N) is 1. The molecule has 0 aliphatic rings. The number of benzene rings is 1. The van der Waals surface area contributed by atoms with Crippen LogP contribution >= 0.6 is 0 Å². The van der Waals surface area contributed by atoms with Crippen molar-refractivity contribution < 1.29 is 33.0 Å². The lowest BCUT2D eigenvalue weighted by atomic mass is 10.1. The molecule has 0 spiro atoms. The molecule has 0 aliphatic carbocycles. The van der Waals surface area contributed by atoms with Crippen LogP contribution in [0, 0.1) is 5.82 Å². The van der Waals surface area contributed by atoms with Crippen LogP contribution in [0.2, 0.25) is 0 Å². The zero-order valence-electron chi connectivity index (χ0n) is 17.1. The lowest BCUT2D eigenvalue weighted by Gasteiger charge is -2.18. The molecule has 9 heteroatoms. The number of amides is 1. The molecule has 1 aromatic heterocycles. The lowest BCUT2D eigenvalue weighted by molar-refractivity contribution is -0.150. The van der Waals surface area contributed by atoms with Crippen molar-refractivity contribution >= 4 is 17.8 Å². The van der Waals surface area contributed by atoms with Gasteiger partial charge in [0.15, 0.2) is 11.4 Å². The van der Waals surface area contributed by atoms with Crippen LogP contribution in [-0.4, -0.2) is 42.1 Å². The molecule has 0 aliphatic heterocycles. The van der Waals surface area contributed by atoms with Crippen LogP contribution in [0.25, 0.3) is 0 Å². The molecule has 1 aromatic carbocycles. The fraction of sp³-hybridized carbons (Fsp3) is 0.333. The van der Waals surface area contributed by atoms with Crippen molar-refractivity contribution in [2.45, 2.75) is 39.3 Å². The second kappa shape index (κ2) is 10.3. The number of halogens is 1. The van der Waals surface area contributed by atoms with Gasteiger partial charge in [0, 0.05) is 25.6 Å². The van der Waals surface area contributed by atoms with Gasteiger partial charge in [-0.2, -0.15) is 0 Å². The minimum Gasteiger partial charge on any atom is -0.493 e. The Hall–Kier alpha value is -3.49. The number of nitrogens with one attached hydrogen (secondary N) is 1. The predicted octanol–water partition coefficient (Wildman–Crippen LogP) is 2.45. The topological polar surface area (TPSA) is 104 Å². The van der Waals surface area contributed by atoms with Crippen LogP contribution < -0.4 is 14.8 Å². The number of pyridine rings is 1. The zero-order valence-corrected chi connectivity index (χ0v) is 17.1. The van der Waals surface area contributed by atoms with E-state index in [-0.39, 0.29) is 23.0 Å². The van der Waals surface area contributed by atoms with Gasteiger partial charge in [0.25, 0.3) is 5.91 Å². The van der Waals surface area contributed by atoms with E-state index in [9.17, 15) is 18.8 Å². The van der Waals surface area contributed by atoms with Gasteiger partial charge < -0.3 is 19.5 Å². The van der Waals surface area contributed by atoms with E-state index >= 15 is 0 Å². The van der Waals surface area contributed by atoms with E-state index in [2.05, 4.69) is 10.3 Å². The Morgan fingerprint density at radius 2 is 1.80 bits per heavy atom. The summed E-state index contributed by atoms with van der Waals surface area (Å²) in [6, 6.07) is 6.31. The first-order chi connectivity index (χ1) is 14.2. The smallest absolute Gasteiger partial charge is 0.328 e. The fourth-order valence-corrected chi connectivity index (χ4v) is 2.61. The van der Waals surface area contributed by atoms with Gasteiger partial charge in [0.2, 0.25) is 5.75 Å². The van der Waals surface area contributed by atoms with Gasteiger partial charge in [-0.05, 0) is 31.5 Å². The number of hydrogen-bond acceptors (Lipinski definition) is 7. The molecule has 2 aromatic rings. The summed E-state index contributed by atoms with van der Waals surface area (Å²) >= 11 is 0. The molecule has 1 unspecified atom stereocenters. The number of ether oxygens (including phenoxy) is 3. The van der Waals surface area contributed by atoms with Crippen LogP contribution in [0.4, 0.5) is 4.39 Å². The lowest BCUT2D eigenvalue weighted by Crippen LogP contribution is -2.41. The van der Waals surface area contributed by atoms with E-state index < -0.39 is 30.0 Å². The highest BCUT2D eigenvalue weighted by Gasteiger charge is 2.25. The summed E-state index contributed by atoms with van der Waals surface area (Å²) in [5.41, 5.74) is 0.601. The van der Waals surface area contributed by atoms with Crippen molar-refractivity contribution in [2.24, 2.45) is 0 Å². The summed E-state index contributed by atoms with van der Waals surface area (Å²) in [6.07, 6.45) is 1.21. The summed E-state index contributed by atoms with van der Waals surface area (Å²) in [6.45, 7) is 4.32. The Bertz CT molecular complexity index is 916. The Balaban J connectivity index is 2.01. The molecule has 0 saturated carbocycles. The molecule has 2 rings (SSSR count). The second-order valence-electron chi connectivity index (χ2n) is 6.56. The van der Waals surface area contributed by atoms with Gasteiger partial charge >= 0.3 is 11.9 Å². The van der Waals surface area contributed by atoms with Crippen LogP contribution in [0.5, 0.6) is 11.5 Å². The molecule has 30 heavy (non-hydrogen) atoms. The third-order valence-electron chi connectivity index (χ3n) is 4.00. The van der Waals surface area contributed by atoms with Gasteiger partial charge in [-0.25, -0.2) is 14.2 Å². The van der Waals surface area contributed by atoms with E-state index in [0.29, 0.717) is 6.42 Å². The first-order valence-electron chi connectivity index (χ1n) is 9.18. The molecule has 0 bridgehead atoms. The summed E-state index contributed by atoms with van der Waals surface area (Å²) in [7, 11) is 1.35. The zero-order chi connectivity index (χ0) is 22.3. The van der Waals surface area contributed by atoms with Crippen LogP contribution in [0.1, 0.15) is 36.8 Å². The molecule has 2 atom stereocenters. The van der Waals surface area contributed by atoms with Crippen molar-refractivity contribution in [3.05, 3.63) is 53.6 Å². The Labute approximate surface area is 173 Å². The highest BCUT2D eigenvalue weighted by Crippen LogP contribution is 2.29. The molecule has 0 saturated heterocycles. The number of methoxy groups -OCH3 is 1. The minimum absolute atomic E-state index is 0.143. The summed E-state index contributed by atoms with van der Waals surface area (Å²) < 4.78 is 28.5. The van der Waals surface area contributed by atoms with Gasteiger partial charge in [-0.1, -0.05) is 12.1 Å². The average molecular weight is 418 g/mol. The standard InChI is InChI=1S/C21H23FN2O6/c1-12(11-15-5-7-16(22)8-6-15)29-21(27)13(2)24-20(26)18-19(30-14(3)25)17(28-4)9-10-23-18/h5-10,12-13H,11H2,1-4H3,(H,24,26)/t12?,13-/m0/s1. The molecule has 0 radical (unpaired) electrons. The third kappa shape index (κ3) is 6.26. The number of hydrogen-bond donors (Lipinski definition) is 1. The van der Waals surface area contributed by atoms with Crippen LogP contribution in [0.15, 0.2) is 36.5 Å². The number of rotatable bonds is 8. The average Bonchev–Trinajstić information content (AvgIpc) is 2.69. The molecule has 160 valence electrons. The molecule has 8 nitrogen and oxygen atoms in total. The summed E-state index contributed by atoms with van der Waals surface area (Å²) in [4.78, 5) is 40.2. The summed E-state index contributed by atoms with van der Waals surface area (Å²) in [5.74, 6) is -2.39. The molecular formula is C21H23FN2O6. The molecule has 1 heterocycles. The SMILES string of the molecule is COc1ccnc(C(=O)N[C@@H](C)C(=O)OC(C)Cc2ccc(F)cc2)c1OC(C)=O. The van der Waals surface area contributed by atoms with Crippen LogP contribution in [0.3, 0.4) is 0 Å². The van der Waals surface area contributed by atoms with Gasteiger partial charge in [-0.15, -0.1) is 0 Å². The molecular weight excluding hydrogens is 395 g/mol. The first kappa shape index (κ1) is 22.8. The number of carbonyl (C=O) groups is 3. The highest BCUT2D eigenvalue weighted by atomic mass is 19.1. The largest absolute Gasteiger partial charge is 0.493 e. The molecule has 1 amide bonds. The maximum Gasteiger partial charge on any atom is 0.328 e. The van der Waals surface area contributed by atoms with Crippen molar-refractivity contribution in [2.75, 3.05) is 7.11 Å². The number of aromatic nitrogens is 1. The van der Waals surface area contributed by atoms with E-state index in [0.717, 1.165) is 5.56 Å². The molecule has 1 N–H and O–H groups in total. The quantitative estimate of drug-likeness (QED) is 0.657. The van der Waals surface area contributed by atoms with E-state index in [4.69, 9.17) is 14.2 Å². The maximum absolute atomic E-state index is 13.0. The van der Waals surface area contributed by atoms with Crippen LogP contribution in [-0.2, 0) is 20.7 Å². The van der Waals surface area contributed by atoms with Crippen molar-refractivity contribution in [3.63, 3.8) is 0 Å². The Morgan fingerprint density at radius 1 is 1.13 bits per heavy atom. The van der Waals surface area contributed by atoms with Crippen molar-refractivity contribution in [3.8, 4) is 11.5 Å². The van der Waals surface area contributed by atoms with Crippen molar-refractivity contribution in [1.29, 1.82) is 0 Å². The Morgan fingerprint density at radius 3 is 2.40 bits per heavy atom. The number of carbonyl (C=O) groups excluding carboxylic acids is 3. The summed E-state index contributed by atoms with van der Waals surface area (Å²) in [5, 5.41) is 2.47. The van der Waals surface area contributed by atoms with E-state index in [1.807, 2.05) is 0 Å². The van der Waals surface area contributed by atoms with E-state index in [1.54, 1.807) is 19.1 Å². The second-order valence-corrected chi connectivity index (χ2v) is 6.56. The van der Waals surface area contributed by atoms with Gasteiger partial charge in [-0.3, -0.25) is 9.59 Å². The Kier molecular flexibility index (Phi) is 7.85. The van der Waals surface area contributed by atoms with E-state index in [1.165, 1.54) is 45.4 Å². The minimum atomic E-state index is -0.994. The molecule has 0 fully saturated rings. The van der Waals surface area contributed by atoms with Gasteiger partial charge in [0.1, 0.15) is 18.0 Å². The van der Waals surface area contributed by atoms with Crippen molar-refractivity contribution in [1.82, 2.24) is 10.3 Å². The predicted molar refractivity (Wildman–Crippen MR) is 105 cm³/mol.